The summed E-state index contributed by atoms with van der Waals surface area (Å²) < 4.78 is 5.90. The molecular formula is C17H18N4OS. The normalized spacial score (nSPS) is 14.8. The van der Waals surface area contributed by atoms with Gasteiger partial charge in [-0.1, -0.05) is 0 Å². The number of benzene rings is 1. The topological polar surface area (TPSA) is 56.9 Å². The number of methoxy groups -OCH3 is 1. The molecule has 1 aliphatic rings. The minimum absolute atomic E-state index is 0.558. The largest absolute Gasteiger partial charge is 0.497 e. The molecule has 0 spiro atoms. The third-order valence-corrected chi connectivity index (χ3v) is 4.64. The van der Waals surface area contributed by atoms with Crippen LogP contribution in [-0.2, 0) is 19.5 Å². The van der Waals surface area contributed by atoms with Crippen molar-refractivity contribution in [1.29, 1.82) is 0 Å². The molecule has 0 fully saturated rings. The lowest BCUT2D eigenvalue weighted by Crippen LogP contribution is -2.30. The van der Waals surface area contributed by atoms with E-state index in [1.54, 1.807) is 7.11 Å². The Morgan fingerprint density at radius 3 is 3.17 bits per heavy atom. The van der Waals surface area contributed by atoms with Crippen LogP contribution in [0, 0.1) is 4.77 Å². The first kappa shape index (κ1) is 14.4. The Balaban J connectivity index is 1.60. The van der Waals surface area contributed by atoms with E-state index in [-0.39, 0.29) is 0 Å². The first-order valence-electron chi connectivity index (χ1n) is 7.66. The highest BCUT2D eigenvalue weighted by Crippen LogP contribution is 2.26. The molecule has 23 heavy (non-hydrogen) atoms. The molecule has 1 aromatic carbocycles. The monoisotopic (exact) mass is 326 g/mol. The molecule has 2 N–H and O–H groups in total. The van der Waals surface area contributed by atoms with E-state index in [1.165, 1.54) is 22.2 Å². The number of hydrogen-bond donors (Lipinski definition) is 2. The lowest BCUT2D eigenvalue weighted by atomic mass is 10.1. The van der Waals surface area contributed by atoms with E-state index in [9.17, 15) is 0 Å². The van der Waals surface area contributed by atoms with Gasteiger partial charge in [-0.3, -0.25) is 4.90 Å². The zero-order chi connectivity index (χ0) is 15.8. The predicted octanol–water partition coefficient (Wildman–Crippen LogP) is 3.19. The van der Waals surface area contributed by atoms with E-state index in [0.717, 1.165) is 37.3 Å². The Morgan fingerprint density at radius 2 is 2.30 bits per heavy atom. The second-order valence-electron chi connectivity index (χ2n) is 5.88. The van der Waals surface area contributed by atoms with Crippen LogP contribution in [0.15, 0.2) is 30.6 Å². The highest BCUT2D eigenvalue weighted by Gasteiger charge is 2.18. The molecule has 0 saturated carbocycles. The van der Waals surface area contributed by atoms with Crippen molar-refractivity contribution in [3.8, 4) is 5.75 Å². The van der Waals surface area contributed by atoms with Crippen molar-refractivity contribution >= 4 is 23.1 Å². The lowest BCUT2D eigenvalue weighted by Gasteiger charge is -2.27. The Kier molecular flexibility index (Phi) is 3.63. The number of nitrogens with zero attached hydrogens (tertiary/aromatic N) is 2. The molecule has 3 aromatic rings. The molecule has 2 aromatic heterocycles. The van der Waals surface area contributed by atoms with Gasteiger partial charge in [0.05, 0.1) is 7.11 Å². The minimum Gasteiger partial charge on any atom is -0.497 e. The van der Waals surface area contributed by atoms with Gasteiger partial charge in [-0.25, -0.2) is 4.98 Å². The van der Waals surface area contributed by atoms with Crippen molar-refractivity contribution in [1.82, 2.24) is 19.9 Å². The average molecular weight is 326 g/mol. The summed E-state index contributed by atoms with van der Waals surface area (Å²) >= 11 is 5.14. The fourth-order valence-electron chi connectivity index (χ4n) is 3.19. The standard InChI is InChI=1S/C17H18N4OS/c1-22-13-2-3-15-14(6-13)12(8-18-15)9-21-5-4-11-7-19-17(23)20-16(11)10-21/h2-3,6-8,18H,4-5,9-10H2,1H3,(H,19,20,23). The van der Waals surface area contributed by atoms with E-state index in [4.69, 9.17) is 17.0 Å². The number of ether oxygens (including phenoxy) is 1. The molecule has 0 saturated heterocycles. The molecule has 4 rings (SSSR count). The van der Waals surface area contributed by atoms with Crippen LogP contribution in [0.4, 0.5) is 0 Å². The quantitative estimate of drug-likeness (QED) is 0.726. The fourth-order valence-corrected chi connectivity index (χ4v) is 3.36. The molecule has 0 unspecified atom stereocenters. The lowest BCUT2D eigenvalue weighted by molar-refractivity contribution is 0.242. The number of nitrogens with one attached hydrogen (secondary N) is 2. The van der Waals surface area contributed by atoms with Crippen LogP contribution in [0.1, 0.15) is 16.8 Å². The van der Waals surface area contributed by atoms with Crippen LogP contribution in [0.5, 0.6) is 5.75 Å². The van der Waals surface area contributed by atoms with Crippen LogP contribution < -0.4 is 4.74 Å². The third kappa shape index (κ3) is 2.75. The van der Waals surface area contributed by atoms with E-state index >= 15 is 0 Å². The van der Waals surface area contributed by atoms with Gasteiger partial charge in [0.1, 0.15) is 5.75 Å². The van der Waals surface area contributed by atoms with Crippen molar-refractivity contribution in [2.75, 3.05) is 13.7 Å². The summed E-state index contributed by atoms with van der Waals surface area (Å²) in [5.74, 6) is 0.887. The smallest absolute Gasteiger partial charge is 0.196 e. The van der Waals surface area contributed by atoms with Gasteiger partial charge >= 0.3 is 0 Å². The van der Waals surface area contributed by atoms with Crippen molar-refractivity contribution in [3.63, 3.8) is 0 Å². The van der Waals surface area contributed by atoms with Gasteiger partial charge in [-0.05, 0) is 48.0 Å². The molecule has 5 nitrogen and oxygen atoms in total. The zero-order valence-corrected chi connectivity index (χ0v) is 13.7. The minimum atomic E-state index is 0.558. The number of aromatic amines is 2. The molecule has 0 radical (unpaired) electrons. The van der Waals surface area contributed by atoms with Gasteiger partial charge in [-0.15, -0.1) is 0 Å². The van der Waals surface area contributed by atoms with Crippen LogP contribution in [0.2, 0.25) is 0 Å². The molecular weight excluding hydrogens is 308 g/mol. The van der Waals surface area contributed by atoms with Crippen LogP contribution >= 0.6 is 12.2 Å². The summed E-state index contributed by atoms with van der Waals surface area (Å²) in [6, 6.07) is 6.13. The maximum atomic E-state index is 5.35. The van der Waals surface area contributed by atoms with Gasteiger partial charge in [0.25, 0.3) is 0 Å². The Hall–Kier alpha value is -2.18. The summed E-state index contributed by atoms with van der Waals surface area (Å²) in [6.45, 7) is 2.80. The summed E-state index contributed by atoms with van der Waals surface area (Å²) in [6.07, 6.45) is 5.00. The van der Waals surface area contributed by atoms with Crippen molar-refractivity contribution in [2.45, 2.75) is 19.5 Å². The molecule has 0 bridgehead atoms. The molecule has 0 aliphatic carbocycles. The third-order valence-electron chi connectivity index (χ3n) is 4.43. The van der Waals surface area contributed by atoms with E-state index in [0.29, 0.717) is 4.77 Å². The maximum Gasteiger partial charge on any atom is 0.196 e. The predicted molar refractivity (Wildman–Crippen MR) is 92.1 cm³/mol. The Labute approximate surface area is 139 Å². The number of fused-ring (bicyclic) bond motifs is 2. The summed E-state index contributed by atoms with van der Waals surface area (Å²) in [7, 11) is 1.70. The van der Waals surface area contributed by atoms with Crippen molar-refractivity contribution in [2.24, 2.45) is 0 Å². The van der Waals surface area contributed by atoms with Gasteiger partial charge < -0.3 is 14.7 Å². The molecule has 3 heterocycles. The van der Waals surface area contributed by atoms with Gasteiger partial charge in [0.2, 0.25) is 0 Å². The second kappa shape index (κ2) is 5.79. The molecule has 118 valence electrons. The van der Waals surface area contributed by atoms with E-state index < -0.39 is 0 Å². The average Bonchev–Trinajstić information content (AvgIpc) is 2.96. The molecule has 0 amide bonds. The number of aromatic nitrogens is 3. The summed E-state index contributed by atoms with van der Waals surface area (Å²) in [4.78, 5) is 13.2. The first-order chi connectivity index (χ1) is 11.2. The van der Waals surface area contributed by atoms with E-state index in [1.807, 2.05) is 12.3 Å². The maximum absolute atomic E-state index is 5.35. The van der Waals surface area contributed by atoms with Crippen LogP contribution in [0.25, 0.3) is 10.9 Å². The van der Waals surface area contributed by atoms with E-state index in [2.05, 4.69) is 38.2 Å². The van der Waals surface area contributed by atoms with Gasteiger partial charge in [0, 0.05) is 48.6 Å². The van der Waals surface area contributed by atoms with Crippen molar-refractivity contribution in [3.05, 3.63) is 52.2 Å². The van der Waals surface area contributed by atoms with Gasteiger partial charge in [-0.2, -0.15) is 0 Å². The number of rotatable bonds is 3. The van der Waals surface area contributed by atoms with Crippen LogP contribution in [0.3, 0.4) is 0 Å². The van der Waals surface area contributed by atoms with Gasteiger partial charge in [0.15, 0.2) is 4.77 Å². The Morgan fingerprint density at radius 1 is 1.39 bits per heavy atom. The zero-order valence-electron chi connectivity index (χ0n) is 12.9. The number of H-pyrrole nitrogens is 2. The fraction of sp³-hybridized carbons (Fsp3) is 0.294. The molecule has 0 atom stereocenters. The SMILES string of the molecule is COc1ccc2[nH]cc(CN3CCc4cnc(=S)[nH]c4C3)c2c1. The molecule has 6 heteroatoms. The summed E-state index contributed by atoms with van der Waals surface area (Å²) in [5.41, 5.74) is 4.89. The highest BCUT2D eigenvalue weighted by atomic mass is 32.1. The Bertz CT molecular complexity index is 914. The second-order valence-corrected chi connectivity index (χ2v) is 6.26. The first-order valence-corrected chi connectivity index (χ1v) is 8.07. The summed E-state index contributed by atoms with van der Waals surface area (Å²) in [5, 5.41) is 1.22. The highest BCUT2D eigenvalue weighted by molar-refractivity contribution is 7.71. The van der Waals surface area contributed by atoms with Crippen LogP contribution in [-0.4, -0.2) is 33.5 Å². The van der Waals surface area contributed by atoms with Crippen molar-refractivity contribution < 1.29 is 4.74 Å². The molecule has 1 aliphatic heterocycles. The number of hydrogen-bond acceptors (Lipinski definition) is 4.